The highest BCUT2D eigenvalue weighted by Crippen LogP contribution is 2.24. The number of benzene rings is 2. The highest BCUT2D eigenvalue weighted by molar-refractivity contribution is 7.89. The van der Waals surface area contributed by atoms with Gasteiger partial charge in [-0.05, 0) is 41.5 Å². The summed E-state index contributed by atoms with van der Waals surface area (Å²) in [4.78, 5) is 33.7. The fourth-order valence-electron chi connectivity index (χ4n) is 2.59. The molecule has 11 heteroatoms. The molecule has 0 aliphatic carbocycles. The minimum absolute atomic E-state index is 0.0961. The van der Waals surface area contributed by atoms with Gasteiger partial charge in [0, 0.05) is 6.42 Å². The zero-order valence-electron chi connectivity index (χ0n) is 16.3. The van der Waals surface area contributed by atoms with Crippen LogP contribution in [0.15, 0.2) is 41.3 Å². The number of rotatable bonds is 10. The van der Waals surface area contributed by atoms with Crippen LogP contribution in [-0.2, 0) is 33.9 Å². The van der Waals surface area contributed by atoms with Crippen molar-refractivity contribution in [1.82, 2.24) is 4.72 Å². The van der Waals surface area contributed by atoms with Gasteiger partial charge in [0.1, 0.15) is 11.8 Å². The average molecular weight is 439 g/mol. The van der Waals surface area contributed by atoms with Crippen molar-refractivity contribution in [3.63, 3.8) is 0 Å². The van der Waals surface area contributed by atoms with Crippen molar-refractivity contribution in [2.24, 2.45) is 0 Å². The van der Waals surface area contributed by atoms with Gasteiger partial charge in [0.15, 0.2) is 6.61 Å². The Hall–Kier alpha value is -3.18. The van der Waals surface area contributed by atoms with Gasteiger partial charge in [-0.1, -0.05) is 12.1 Å². The van der Waals surface area contributed by atoms with Crippen molar-refractivity contribution in [2.45, 2.75) is 23.8 Å². The first-order valence-electron chi connectivity index (χ1n) is 8.71. The number of fused-ring (bicyclic) bond motifs is 1. The number of hydrogen-bond acceptors (Lipinski definition) is 8. The largest absolute Gasteiger partial charge is 0.482 e. The van der Waals surface area contributed by atoms with Crippen molar-refractivity contribution in [3.05, 3.63) is 36.4 Å². The summed E-state index contributed by atoms with van der Waals surface area (Å²) < 4.78 is 41.9. The smallest absolute Gasteiger partial charge is 0.341 e. The number of sulfonamides is 1. The topological polar surface area (TPSA) is 145 Å². The first-order chi connectivity index (χ1) is 14.2. The number of carbonyl (C=O) groups is 3. The number of ether oxygens (including phenoxy) is 3. The van der Waals surface area contributed by atoms with Gasteiger partial charge >= 0.3 is 17.9 Å². The van der Waals surface area contributed by atoms with Crippen LogP contribution in [0, 0.1) is 0 Å². The van der Waals surface area contributed by atoms with Crippen LogP contribution in [0.2, 0.25) is 0 Å². The van der Waals surface area contributed by atoms with Crippen LogP contribution >= 0.6 is 0 Å². The minimum Gasteiger partial charge on any atom is -0.482 e. The third-order valence-corrected chi connectivity index (χ3v) is 5.57. The lowest BCUT2D eigenvalue weighted by Gasteiger charge is -2.16. The molecule has 0 aliphatic rings. The molecule has 0 radical (unpaired) electrons. The summed E-state index contributed by atoms with van der Waals surface area (Å²) in [6.45, 7) is -0.498. The molecule has 0 bridgehead atoms. The first-order valence-corrected chi connectivity index (χ1v) is 10.2. The quantitative estimate of drug-likeness (QED) is 0.519. The van der Waals surface area contributed by atoms with Gasteiger partial charge in [0.05, 0.1) is 19.1 Å². The van der Waals surface area contributed by atoms with E-state index in [1.807, 2.05) is 0 Å². The number of hydrogen-bond donors (Lipinski definition) is 2. The van der Waals surface area contributed by atoms with Gasteiger partial charge < -0.3 is 19.3 Å². The van der Waals surface area contributed by atoms with E-state index in [0.717, 1.165) is 7.11 Å². The van der Waals surface area contributed by atoms with E-state index >= 15 is 0 Å². The van der Waals surface area contributed by atoms with E-state index in [9.17, 15) is 22.8 Å². The van der Waals surface area contributed by atoms with E-state index < -0.39 is 40.6 Å². The van der Waals surface area contributed by atoms with Gasteiger partial charge in [-0.15, -0.1) is 0 Å². The molecule has 2 aromatic carbocycles. The lowest BCUT2D eigenvalue weighted by molar-refractivity contribution is -0.144. The lowest BCUT2D eigenvalue weighted by atomic mass is 10.1. The van der Waals surface area contributed by atoms with Gasteiger partial charge in [-0.2, -0.15) is 4.72 Å². The molecule has 0 heterocycles. The molecular formula is C19H21NO9S. The molecule has 0 unspecified atom stereocenters. The number of nitrogens with one attached hydrogen (secondary N) is 1. The van der Waals surface area contributed by atoms with Crippen molar-refractivity contribution in [2.75, 3.05) is 20.8 Å². The molecule has 10 nitrogen and oxygen atoms in total. The molecule has 0 spiro atoms. The normalized spacial score (nSPS) is 12.2. The molecular weight excluding hydrogens is 418 g/mol. The Balaban J connectivity index is 2.24. The number of esters is 2. The van der Waals surface area contributed by atoms with Crippen LogP contribution < -0.4 is 9.46 Å². The van der Waals surface area contributed by atoms with Gasteiger partial charge in [-0.25, -0.2) is 13.2 Å². The van der Waals surface area contributed by atoms with E-state index in [2.05, 4.69) is 14.2 Å². The van der Waals surface area contributed by atoms with Gasteiger partial charge in [-0.3, -0.25) is 9.59 Å². The maximum absolute atomic E-state index is 12.7. The Bertz CT molecular complexity index is 1050. The van der Waals surface area contributed by atoms with Crippen LogP contribution in [0.3, 0.4) is 0 Å². The Labute approximate surface area is 172 Å². The molecule has 2 rings (SSSR count). The summed E-state index contributed by atoms with van der Waals surface area (Å²) in [5, 5.41) is 9.86. The Morgan fingerprint density at radius 1 is 1.03 bits per heavy atom. The number of aliphatic carboxylic acids is 1. The SMILES string of the molecule is COC(=O)CC[C@@H](NS(=O)(=O)c1ccc2cc(OCC(=O)O)ccc2c1)C(=O)OC. The van der Waals surface area contributed by atoms with E-state index in [0.29, 0.717) is 16.5 Å². The van der Waals surface area contributed by atoms with Gasteiger partial charge in [0.2, 0.25) is 10.0 Å². The van der Waals surface area contributed by atoms with Crippen LogP contribution in [0.1, 0.15) is 12.8 Å². The summed E-state index contributed by atoms with van der Waals surface area (Å²) >= 11 is 0. The van der Waals surface area contributed by atoms with E-state index in [4.69, 9.17) is 9.84 Å². The van der Waals surface area contributed by atoms with Crippen LogP contribution in [0.4, 0.5) is 0 Å². The molecule has 30 heavy (non-hydrogen) atoms. The van der Waals surface area contributed by atoms with Crippen LogP contribution in [0.25, 0.3) is 10.8 Å². The summed E-state index contributed by atoms with van der Waals surface area (Å²) in [6.07, 6.45) is -0.300. The summed E-state index contributed by atoms with van der Waals surface area (Å²) in [5.41, 5.74) is 0. The summed E-state index contributed by atoms with van der Waals surface area (Å²) in [5.74, 6) is -2.21. The standard InChI is InChI=1S/C19H21NO9S/c1-27-18(23)8-7-16(19(24)28-2)20-30(25,26)15-6-4-12-9-14(29-11-17(21)22)5-3-13(12)10-15/h3-6,9-10,16,20H,7-8,11H2,1-2H3,(H,21,22)/t16-/m1/s1. The molecule has 1 atom stereocenters. The minimum atomic E-state index is -4.10. The van der Waals surface area contributed by atoms with Crippen molar-refractivity contribution in [1.29, 1.82) is 0 Å². The van der Waals surface area contributed by atoms with Crippen molar-refractivity contribution < 1.29 is 42.1 Å². The zero-order valence-corrected chi connectivity index (χ0v) is 17.1. The Kier molecular flexibility index (Phi) is 7.72. The van der Waals surface area contributed by atoms with E-state index in [-0.39, 0.29) is 17.7 Å². The van der Waals surface area contributed by atoms with Crippen molar-refractivity contribution in [3.8, 4) is 5.75 Å². The highest BCUT2D eigenvalue weighted by Gasteiger charge is 2.27. The number of carboxylic acid groups (broad SMARTS) is 1. The molecule has 0 fully saturated rings. The molecule has 0 saturated heterocycles. The number of carboxylic acids is 1. The Morgan fingerprint density at radius 2 is 1.70 bits per heavy atom. The third kappa shape index (κ3) is 6.16. The monoisotopic (exact) mass is 439 g/mol. The van der Waals surface area contributed by atoms with Crippen molar-refractivity contribution >= 4 is 38.7 Å². The molecule has 0 amide bonds. The zero-order chi connectivity index (χ0) is 22.3. The Morgan fingerprint density at radius 3 is 2.33 bits per heavy atom. The highest BCUT2D eigenvalue weighted by atomic mass is 32.2. The fraction of sp³-hybridized carbons (Fsp3) is 0.316. The van der Waals surface area contributed by atoms with E-state index in [1.165, 1.54) is 31.4 Å². The summed E-state index contributed by atoms with van der Waals surface area (Å²) in [7, 11) is -1.80. The molecule has 162 valence electrons. The van der Waals surface area contributed by atoms with E-state index in [1.54, 1.807) is 12.1 Å². The molecule has 0 saturated carbocycles. The second-order valence-electron chi connectivity index (χ2n) is 6.17. The summed E-state index contributed by atoms with van der Waals surface area (Å²) in [6, 6.07) is 7.67. The number of carbonyl (C=O) groups excluding carboxylic acids is 2. The second-order valence-corrected chi connectivity index (χ2v) is 7.88. The van der Waals surface area contributed by atoms with Crippen LogP contribution in [-0.4, -0.2) is 58.3 Å². The molecule has 2 aromatic rings. The number of methoxy groups -OCH3 is 2. The fourth-order valence-corrected chi connectivity index (χ4v) is 3.84. The third-order valence-electron chi connectivity index (χ3n) is 4.10. The maximum atomic E-state index is 12.7. The maximum Gasteiger partial charge on any atom is 0.341 e. The average Bonchev–Trinajstić information content (AvgIpc) is 2.73. The first kappa shape index (κ1) is 23.1. The predicted molar refractivity (Wildman–Crippen MR) is 104 cm³/mol. The van der Waals surface area contributed by atoms with Crippen LogP contribution in [0.5, 0.6) is 5.75 Å². The second kappa shape index (κ2) is 10.0. The molecule has 0 aliphatic heterocycles. The molecule has 2 N–H and O–H groups in total. The molecule has 0 aromatic heterocycles. The lowest BCUT2D eigenvalue weighted by Crippen LogP contribution is -2.41. The van der Waals surface area contributed by atoms with Gasteiger partial charge in [0.25, 0.3) is 0 Å². The predicted octanol–water partition coefficient (Wildman–Crippen LogP) is 1.08.